The lowest BCUT2D eigenvalue weighted by atomic mass is 10.1. The second-order valence-electron chi connectivity index (χ2n) is 4.44. The van der Waals surface area contributed by atoms with Crippen molar-refractivity contribution in [3.63, 3.8) is 0 Å². The van der Waals surface area contributed by atoms with Crippen LogP contribution in [0.15, 0.2) is 35.1 Å². The third-order valence-electron chi connectivity index (χ3n) is 3.14. The number of benzene rings is 1. The largest absolute Gasteiger partial charge is 0.309 e. The topological polar surface area (TPSA) is 45.8 Å². The van der Waals surface area contributed by atoms with Gasteiger partial charge in [-0.1, -0.05) is 51.3 Å². The Morgan fingerprint density at radius 3 is 2.43 bits per heavy atom. The molecule has 0 aliphatic rings. The lowest BCUT2D eigenvalue weighted by molar-refractivity contribution is 0.648. The number of aromatic nitrogens is 1. The fourth-order valence-corrected chi connectivity index (χ4v) is 3.31. The standard InChI is InChI=1S/C15H11BrCl2N2O/c16-8-14-12(17)7-13(18)15(21)20(14)6-5-10-1-3-11(9-19)4-2-10/h1-4,7H,5-6,8H2. The van der Waals surface area contributed by atoms with Gasteiger partial charge in [-0.05, 0) is 30.2 Å². The maximum Gasteiger partial charge on any atom is 0.269 e. The molecule has 0 aliphatic heterocycles. The Hall–Kier alpha value is -1.28. The van der Waals surface area contributed by atoms with Crippen LogP contribution in [-0.4, -0.2) is 4.57 Å². The number of hydrogen-bond donors (Lipinski definition) is 0. The van der Waals surface area contributed by atoms with Crippen molar-refractivity contribution >= 4 is 39.1 Å². The van der Waals surface area contributed by atoms with Gasteiger partial charge < -0.3 is 4.57 Å². The SMILES string of the molecule is N#Cc1ccc(CCn2c(CBr)c(Cl)cc(Cl)c2=O)cc1. The van der Waals surface area contributed by atoms with Gasteiger partial charge in [-0.25, -0.2) is 0 Å². The van der Waals surface area contributed by atoms with Gasteiger partial charge in [0, 0.05) is 11.9 Å². The Balaban J connectivity index is 2.27. The van der Waals surface area contributed by atoms with Gasteiger partial charge in [-0.2, -0.15) is 5.26 Å². The zero-order chi connectivity index (χ0) is 15.4. The molecule has 1 heterocycles. The van der Waals surface area contributed by atoms with E-state index in [2.05, 4.69) is 22.0 Å². The smallest absolute Gasteiger partial charge is 0.269 e. The molecule has 0 saturated carbocycles. The van der Waals surface area contributed by atoms with E-state index in [1.165, 1.54) is 6.07 Å². The molecular formula is C15H11BrCl2N2O. The molecule has 1 aromatic heterocycles. The van der Waals surface area contributed by atoms with Gasteiger partial charge in [-0.3, -0.25) is 4.79 Å². The Morgan fingerprint density at radius 2 is 1.86 bits per heavy atom. The minimum Gasteiger partial charge on any atom is -0.309 e. The summed E-state index contributed by atoms with van der Waals surface area (Å²) in [5.41, 5.74) is 2.12. The zero-order valence-corrected chi connectivity index (χ0v) is 14.0. The number of nitrogens with zero attached hydrogens (tertiary/aromatic N) is 2. The van der Waals surface area contributed by atoms with Gasteiger partial charge in [0.25, 0.3) is 5.56 Å². The minimum atomic E-state index is -0.246. The van der Waals surface area contributed by atoms with Crippen molar-refractivity contribution in [2.75, 3.05) is 0 Å². The van der Waals surface area contributed by atoms with Gasteiger partial charge in [0.2, 0.25) is 0 Å². The van der Waals surface area contributed by atoms with E-state index in [0.717, 1.165) is 5.56 Å². The molecule has 0 radical (unpaired) electrons. The van der Waals surface area contributed by atoms with Crippen molar-refractivity contribution in [2.45, 2.75) is 18.3 Å². The highest BCUT2D eigenvalue weighted by molar-refractivity contribution is 9.08. The molecule has 0 unspecified atom stereocenters. The van der Waals surface area contributed by atoms with E-state index in [1.54, 1.807) is 16.7 Å². The fraction of sp³-hybridized carbons (Fsp3) is 0.200. The summed E-state index contributed by atoms with van der Waals surface area (Å²) in [6, 6.07) is 10.8. The Bertz CT molecular complexity index is 748. The predicted octanol–water partition coefficient (Wildman–Crippen LogP) is 4.16. The van der Waals surface area contributed by atoms with Crippen LogP contribution in [0.2, 0.25) is 10.0 Å². The predicted molar refractivity (Wildman–Crippen MR) is 88.2 cm³/mol. The molecule has 2 rings (SSSR count). The van der Waals surface area contributed by atoms with E-state index < -0.39 is 0 Å². The van der Waals surface area contributed by atoms with Crippen LogP contribution < -0.4 is 5.56 Å². The highest BCUT2D eigenvalue weighted by atomic mass is 79.9. The average molecular weight is 386 g/mol. The molecule has 21 heavy (non-hydrogen) atoms. The lowest BCUT2D eigenvalue weighted by Gasteiger charge is -2.13. The van der Waals surface area contributed by atoms with Gasteiger partial charge in [-0.15, -0.1) is 0 Å². The molecule has 0 bridgehead atoms. The molecule has 0 amide bonds. The number of pyridine rings is 1. The van der Waals surface area contributed by atoms with Crippen LogP contribution in [0.4, 0.5) is 0 Å². The van der Waals surface area contributed by atoms with Crippen molar-refractivity contribution < 1.29 is 0 Å². The van der Waals surface area contributed by atoms with Crippen LogP contribution in [0.3, 0.4) is 0 Å². The van der Waals surface area contributed by atoms with Crippen molar-refractivity contribution in [3.05, 3.63) is 67.6 Å². The quantitative estimate of drug-likeness (QED) is 0.741. The maximum atomic E-state index is 12.1. The number of rotatable bonds is 4. The number of halogens is 3. The van der Waals surface area contributed by atoms with Gasteiger partial charge in [0.1, 0.15) is 5.02 Å². The molecule has 0 fully saturated rings. The maximum absolute atomic E-state index is 12.1. The summed E-state index contributed by atoms with van der Waals surface area (Å²) >= 11 is 15.4. The first kappa shape index (κ1) is 16.1. The van der Waals surface area contributed by atoms with E-state index in [9.17, 15) is 4.79 Å². The van der Waals surface area contributed by atoms with Crippen molar-refractivity contribution in [2.24, 2.45) is 0 Å². The molecule has 1 aromatic carbocycles. The molecule has 0 N–H and O–H groups in total. The fourth-order valence-electron chi connectivity index (χ4n) is 2.00. The lowest BCUT2D eigenvalue weighted by Crippen LogP contribution is -2.24. The van der Waals surface area contributed by atoms with E-state index >= 15 is 0 Å². The first-order valence-electron chi connectivity index (χ1n) is 6.19. The van der Waals surface area contributed by atoms with Gasteiger partial charge in [0.05, 0.1) is 22.3 Å². The number of nitriles is 1. The molecule has 3 nitrogen and oxygen atoms in total. The number of aryl methyl sites for hydroxylation is 1. The first-order valence-corrected chi connectivity index (χ1v) is 8.07. The summed E-state index contributed by atoms with van der Waals surface area (Å²) in [6.45, 7) is 0.478. The monoisotopic (exact) mass is 384 g/mol. The van der Waals surface area contributed by atoms with Crippen LogP contribution in [0.1, 0.15) is 16.8 Å². The summed E-state index contributed by atoms with van der Waals surface area (Å²) < 4.78 is 1.58. The number of hydrogen-bond acceptors (Lipinski definition) is 2. The van der Waals surface area contributed by atoms with E-state index in [1.807, 2.05) is 12.1 Å². The molecule has 6 heteroatoms. The summed E-state index contributed by atoms with van der Waals surface area (Å²) in [7, 11) is 0. The molecular weight excluding hydrogens is 375 g/mol. The molecule has 2 aromatic rings. The minimum absolute atomic E-state index is 0.115. The highest BCUT2D eigenvalue weighted by Crippen LogP contribution is 2.20. The second-order valence-corrected chi connectivity index (χ2v) is 5.81. The van der Waals surface area contributed by atoms with Crippen molar-refractivity contribution in [1.29, 1.82) is 5.26 Å². The summed E-state index contributed by atoms with van der Waals surface area (Å²) in [5, 5.41) is 9.83. The summed E-state index contributed by atoms with van der Waals surface area (Å²) in [5.74, 6) is 0. The van der Waals surface area contributed by atoms with E-state index in [4.69, 9.17) is 28.5 Å². The van der Waals surface area contributed by atoms with Crippen LogP contribution in [0, 0.1) is 11.3 Å². The molecule has 0 aliphatic carbocycles. The Morgan fingerprint density at radius 1 is 1.19 bits per heavy atom. The summed E-state index contributed by atoms with van der Waals surface area (Å²) in [6.07, 6.45) is 0.655. The summed E-state index contributed by atoms with van der Waals surface area (Å²) in [4.78, 5) is 12.1. The van der Waals surface area contributed by atoms with Gasteiger partial charge in [0.15, 0.2) is 0 Å². The van der Waals surface area contributed by atoms with E-state index in [0.29, 0.717) is 34.6 Å². The van der Waals surface area contributed by atoms with Crippen molar-refractivity contribution in [3.8, 4) is 6.07 Å². The van der Waals surface area contributed by atoms with E-state index in [-0.39, 0.29) is 10.6 Å². The number of alkyl halides is 1. The first-order chi connectivity index (χ1) is 10.1. The van der Waals surface area contributed by atoms with Crippen LogP contribution >= 0.6 is 39.1 Å². The van der Waals surface area contributed by atoms with Crippen molar-refractivity contribution in [1.82, 2.24) is 4.57 Å². The second kappa shape index (κ2) is 7.13. The van der Waals surface area contributed by atoms with Crippen LogP contribution in [0.25, 0.3) is 0 Å². The highest BCUT2D eigenvalue weighted by Gasteiger charge is 2.11. The zero-order valence-electron chi connectivity index (χ0n) is 10.9. The van der Waals surface area contributed by atoms with Gasteiger partial charge >= 0.3 is 0 Å². The third-order valence-corrected chi connectivity index (χ3v) is 4.27. The third kappa shape index (κ3) is 3.68. The normalized spacial score (nSPS) is 10.4. The van der Waals surface area contributed by atoms with Crippen LogP contribution in [0.5, 0.6) is 0 Å². The molecule has 108 valence electrons. The molecule has 0 atom stereocenters. The molecule has 0 spiro atoms. The average Bonchev–Trinajstić information content (AvgIpc) is 2.50. The Labute approximate surface area is 140 Å². The Kier molecular flexibility index (Phi) is 5.46. The van der Waals surface area contributed by atoms with Crippen LogP contribution in [-0.2, 0) is 18.3 Å². The molecule has 0 saturated heterocycles.